The zero-order valence-corrected chi connectivity index (χ0v) is 16.1. The van der Waals surface area contributed by atoms with Gasteiger partial charge in [-0.3, -0.25) is 9.59 Å². The van der Waals surface area contributed by atoms with Gasteiger partial charge in [0.25, 0.3) is 5.91 Å². The summed E-state index contributed by atoms with van der Waals surface area (Å²) in [5, 5.41) is 15.4. The summed E-state index contributed by atoms with van der Waals surface area (Å²) in [6.45, 7) is -0.0273. The molecule has 0 aromatic heterocycles. The number of nitriles is 1. The van der Waals surface area contributed by atoms with Crippen LogP contribution in [0.3, 0.4) is 0 Å². The number of halogens is 1. The first-order valence-electron chi connectivity index (χ1n) is 9.41. The van der Waals surface area contributed by atoms with E-state index >= 15 is 0 Å². The predicted molar refractivity (Wildman–Crippen MR) is 101 cm³/mol. The monoisotopic (exact) mass is 403 g/mol. The van der Waals surface area contributed by atoms with Crippen LogP contribution in [0.25, 0.3) is 0 Å². The molecule has 4 aliphatic rings. The van der Waals surface area contributed by atoms with E-state index in [0.29, 0.717) is 23.6 Å². The lowest BCUT2D eigenvalue weighted by atomic mass is 9.44. The molecule has 2 N–H and O–H groups in total. The van der Waals surface area contributed by atoms with E-state index in [-0.39, 0.29) is 48.1 Å². The van der Waals surface area contributed by atoms with Crippen molar-refractivity contribution in [1.82, 2.24) is 10.6 Å². The zero-order valence-electron chi connectivity index (χ0n) is 15.4. The number of benzene rings is 1. The quantitative estimate of drug-likeness (QED) is 0.690. The molecular formula is C20H22ClN3O4. The molecule has 0 heterocycles. The van der Waals surface area contributed by atoms with Crippen molar-refractivity contribution in [3.8, 4) is 11.8 Å². The van der Waals surface area contributed by atoms with E-state index in [1.54, 1.807) is 24.3 Å². The summed E-state index contributed by atoms with van der Waals surface area (Å²) in [7, 11) is 0. The SMILES string of the molecule is N#C[C@H]1C[C@@H](OCC(=O)NC23CC(NC(=O)COc4ccc(Cl)cc4)(C2)C3)C1. The van der Waals surface area contributed by atoms with Crippen molar-refractivity contribution < 1.29 is 19.1 Å². The molecule has 4 saturated carbocycles. The highest BCUT2D eigenvalue weighted by Crippen LogP contribution is 2.60. The molecule has 0 aliphatic heterocycles. The normalized spacial score (nSPS) is 32.0. The number of nitrogens with one attached hydrogen (secondary N) is 2. The van der Waals surface area contributed by atoms with Crippen molar-refractivity contribution in [3.05, 3.63) is 29.3 Å². The first-order valence-corrected chi connectivity index (χ1v) is 9.79. The molecule has 8 heteroatoms. The zero-order chi connectivity index (χ0) is 19.8. The molecule has 1 aromatic carbocycles. The van der Waals surface area contributed by atoms with Crippen LogP contribution in [0.2, 0.25) is 5.02 Å². The number of hydrogen-bond acceptors (Lipinski definition) is 5. The number of hydrogen-bond donors (Lipinski definition) is 2. The molecule has 1 aromatic rings. The lowest BCUT2D eigenvalue weighted by molar-refractivity contribution is -0.154. The highest BCUT2D eigenvalue weighted by atomic mass is 35.5. The summed E-state index contributed by atoms with van der Waals surface area (Å²) in [6, 6.07) is 9.04. The second-order valence-electron chi connectivity index (χ2n) is 8.16. The number of carbonyl (C=O) groups excluding carboxylic acids is 2. The van der Waals surface area contributed by atoms with Gasteiger partial charge in [0, 0.05) is 16.1 Å². The van der Waals surface area contributed by atoms with E-state index in [2.05, 4.69) is 16.7 Å². The first kappa shape index (κ1) is 19.0. The third-order valence-electron chi connectivity index (χ3n) is 5.75. The van der Waals surface area contributed by atoms with Crippen molar-refractivity contribution >= 4 is 23.4 Å². The highest BCUT2D eigenvalue weighted by Gasteiger charge is 2.69. The number of carbonyl (C=O) groups is 2. The Labute approximate surface area is 168 Å². The van der Waals surface area contributed by atoms with Crippen LogP contribution in [0, 0.1) is 17.2 Å². The Bertz CT molecular complexity index is 794. The Morgan fingerprint density at radius 2 is 1.64 bits per heavy atom. The van der Waals surface area contributed by atoms with E-state index in [1.807, 2.05) is 0 Å². The third kappa shape index (κ3) is 3.94. The smallest absolute Gasteiger partial charge is 0.258 e. The van der Waals surface area contributed by atoms with Gasteiger partial charge in [-0.25, -0.2) is 0 Å². The summed E-state index contributed by atoms with van der Waals surface area (Å²) in [5.41, 5.74) is -0.428. The largest absolute Gasteiger partial charge is 0.484 e. The fraction of sp³-hybridized carbons (Fsp3) is 0.550. The molecule has 4 aliphatic carbocycles. The summed E-state index contributed by atoms with van der Waals surface area (Å²) in [5.74, 6) is 0.354. The Balaban J connectivity index is 1.12. The Kier molecular flexibility index (Phi) is 4.94. The Hall–Kier alpha value is -2.30. The van der Waals surface area contributed by atoms with Crippen molar-refractivity contribution in [2.45, 2.75) is 49.3 Å². The molecule has 0 saturated heterocycles. The molecule has 5 rings (SSSR count). The van der Waals surface area contributed by atoms with Gasteiger partial charge in [-0.15, -0.1) is 0 Å². The summed E-state index contributed by atoms with van der Waals surface area (Å²) in [6.07, 6.45) is 3.65. The summed E-state index contributed by atoms with van der Waals surface area (Å²) >= 11 is 5.82. The minimum atomic E-state index is -0.220. The molecular weight excluding hydrogens is 382 g/mol. The Morgan fingerprint density at radius 3 is 2.21 bits per heavy atom. The van der Waals surface area contributed by atoms with Crippen LogP contribution in [0.5, 0.6) is 5.75 Å². The van der Waals surface area contributed by atoms with Crippen LogP contribution < -0.4 is 15.4 Å². The number of ether oxygens (including phenoxy) is 2. The van der Waals surface area contributed by atoms with E-state index in [4.69, 9.17) is 26.3 Å². The topological polar surface area (TPSA) is 100 Å². The molecule has 28 heavy (non-hydrogen) atoms. The van der Waals surface area contributed by atoms with Crippen molar-refractivity contribution in [3.63, 3.8) is 0 Å². The molecule has 0 spiro atoms. The van der Waals surface area contributed by atoms with Crippen LogP contribution in [-0.2, 0) is 14.3 Å². The van der Waals surface area contributed by atoms with Gasteiger partial charge in [0.15, 0.2) is 6.61 Å². The first-order chi connectivity index (χ1) is 13.4. The number of amides is 2. The van der Waals surface area contributed by atoms with Crippen LogP contribution in [0.15, 0.2) is 24.3 Å². The van der Waals surface area contributed by atoms with E-state index in [9.17, 15) is 9.59 Å². The molecule has 148 valence electrons. The van der Waals surface area contributed by atoms with Crippen molar-refractivity contribution in [2.24, 2.45) is 5.92 Å². The van der Waals surface area contributed by atoms with Gasteiger partial charge >= 0.3 is 0 Å². The second-order valence-corrected chi connectivity index (χ2v) is 8.60. The van der Waals surface area contributed by atoms with Gasteiger partial charge in [-0.2, -0.15) is 5.26 Å². The lowest BCUT2D eigenvalue weighted by Crippen LogP contribution is -2.84. The van der Waals surface area contributed by atoms with Gasteiger partial charge in [0.2, 0.25) is 5.91 Å². The maximum atomic E-state index is 12.1. The molecule has 0 unspecified atom stereocenters. The van der Waals surface area contributed by atoms with Gasteiger partial charge in [-0.1, -0.05) is 11.6 Å². The molecule has 2 amide bonds. The highest BCUT2D eigenvalue weighted by molar-refractivity contribution is 6.30. The van der Waals surface area contributed by atoms with Crippen LogP contribution in [0.1, 0.15) is 32.1 Å². The van der Waals surface area contributed by atoms with Gasteiger partial charge < -0.3 is 20.1 Å². The molecule has 2 bridgehead atoms. The second kappa shape index (κ2) is 7.26. The predicted octanol–water partition coefficient (Wildman–Crippen LogP) is 1.95. The molecule has 0 radical (unpaired) electrons. The average Bonchev–Trinajstić information content (AvgIpc) is 2.57. The summed E-state index contributed by atoms with van der Waals surface area (Å²) in [4.78, 5) is 24.2. The fourth-order valence-corrected chi connectivity index (χ4v) is 4.52. The third-order valence-corrected chi connectivity index (χ3v) is 6.00. The van der Waals surface area contributed by atoms with Crippen LogP contribution in [-0.4, -0.2) is 42.2 Å². The standard InChI is InChI=1S/C20H22ClN3O4/c21-14-1-3-15(4-2-14)27-8-17(25)23-19-10-20(11-19,12-19)24-18(26)9-28-16-5-13(6-16)7-22/h1-4,13,16H,5-6,8-12H2,(H,23,25)(H,24,26)/t13-,16+,19?,20?. The van der Waals surface area contributed by atoms with Gasteiger partial charge in [0.05, 0.1) is 18.1 Å². The van der Waals surface area contributed by atoms with Gasteiger partial charge in [0.1, 0.15) is 12.4 Å². The maximum absolute atomic E-state index is 12.1. The van der Waals surface area contributed by atoms with Crippen LogP contribution in [0.4, 0.5) is 0 Å². The van der Waals surface area contributed by atoms with Crippen molar-refractivity contribution in [1.29, 1.82) is 5.26 Å². The minimum absolute atomic E-state index is 0.0229. The number of rotatable bonds is 8. The fourth-order valence-electron chi connectivity index (χ4n) is 4.40. The number of nitrogens with zero attached hydrogens (tertiary/aromatic N) is 1. The Morgan fingerprint density at radius 1 is 1.07 bits per heavy atom. The average molecular weight is 404 g/mol. The molecule has 0 atom stereocenters. The maximum Gasteiger partial charge on any atom is 0.258 e. The van der Waals surface area contributed by atoms with Gasteiger partial charge in [-0.05, 0) is 56.4 Å². The van der Waals surface area contributed by atoms with E-state index < -0.39 is 0 Å². The minimum Gasteiger partial charge on any atom is -0.484 e. The van der Waals surface area contributed by atoms with Crippen molar-refractivity contribution in [2.75, 3.05) is 13.2 Å². The molecule has 7 nitrogen and oxygen atoms in total. The summed E-state index contributed by atoms with van der Waals surface area (Å²) < 4.78 is 11.0. The van der Waals surface area contributed by atoms with Crippen LogP contribution >= 0.6 is 11.6 Å². The van der Waals surface area contributed by atoms with E-state index in [1.165, 1.54) is 0 Å². The van der Waals surface area contributed by atoms with E-state index in [0.717, 1.165) is 19.3 Å². The lowest BCUT2D eigenvalue weighted by Gasteiger charge is -2.70. The molecule has 4 fully saturated rings.